The predicted molar refractivity (Wildman–Crippen MR) is 83.5 cm³/mol. The third kappa shape index (κ3) is 6.01. The van der Waals surface area contributed by atoms with Gasteiger partial charge in [0.15, 0.2) is 0 Å². The third-order valence-corrected chi connectivity index (χ3v) is 3.97. The molecule has 0 spiro atoms. The van der Waals surface area contributed by atoms with Crippen LogP contribution in [0.25, 0.3) is 0 Å². The van der Waals surface area contributed by atoms with E-state index in [-0.39, 0.29) is 18.2 Å². The number of hydrogen-bond acceptors (Lipinski definition) is 4. The van der Waals surface area contributed by atoms with E-state index in [9.17, 15) is 18.0 Å². The minimum Gasteiger partial charge on any atom is -0.406 e. The van der Waals surface area contributed by atoms with Crippen molar-refractivity contribution in [1.82, 2.24) is 15.1 Å². The molecule has 24 heavy (non-hydrogen) atoms. The van der Waals surface area contributed by atoms with Crippen LogP contribution in [-0.4, -0.2) is 61.8 Å². The molecular weight excluding hydrogens is 323 g/mol. The Morgan fingerprint density at radius 3 is 2.79 bits per heavy atom. The van der Waals surface area contributed by atoms with Gasteiger partial charge in [0.2, 0.25) is 5.91 Å². The first-order valence-electron chi connectivity index (χ1n) is 7.73. The summed E-state index contributed by atoms with van der Waals surface area (Å²) in [6.45, 7) is 2.17. The van der Waals surface area contributed by atoms with Crippen LogP contribution >= 0.6 is 0 Å². The summed E-state index contributed by atoms with van der Waals surface area (Å²) in [6, 6.07) is 6.05. The maximum absolute atomic E-state index is 12.2. The average molecular weight is 345 g/mol. The number of carbonyl (C=O) groups excluding carboxylic acids is 1. The molecule has 0 saturated carbocycles. The molecule has 0 aliphatic carbocycles. The van der Waals surface area contributed by atoms with Crippen molar-refractivity contribution in [3.05, 3.63) is 29.8 Å². The SMILES string of the molecule is CN(C)[C@@H]1CCN(CC(=O)NCc2cccc(OC(F)(F)F)c2)C1. The number of nitrogens with zero attached hydrogens (tertiary/aromatic N) is 2. The molecule has 0 aromatic heterocycles. The summed E-state index contributed by atoms with van der Waals surface area (Å²) in [6.07, 6.45) is -3.70. The Bertz CT molecular complexity index is 564. The second kappa shape index (κ2) is 7.85. The summed E-state index contributed by atoms with van der Waals surface area (Å²) < 4.78 is 40.5. The lowest BCUT2D eigenvalue weighted by Crippen LogP contribution is -2.38. The molecule has 1 fully saturated rings. The molecule has 0 radical (unpaired) electrons. The molecule has 1 aliphatic heterocycles. The third-order valence-electron chi connectivity index (χ3n) is 3.97. The molecule has 1 saturated heterocycles. The zero-order valence-electron chi connectivity index (χ0n) is 13.8. The second-order valence-corrected chi connectivity index (χ2v) is 6.11. The fraction of sp³-hybridized carbons (Fsp3) is 0.562. The van der Waals surface area contributed by atoms with Crippen molar-refractivity contribution in [2.24, 2.45) is 0 Å². The van der Waals surface area contributed by atoms with Crippen molar-refractivity contribution in [1.29, 1.82) is 0 Å². The summed E-state index contributed by atoms with van der Waals surface area (Å²) in [5.41, 5.74) is 0.553. The summed E-state index contributed by atoms with van der Waals surface area (Å²) in [5.74, 6) is -0.431. The normalized spacial score (nSPS) is 18.8. The van der Waals surface area contributed by atoms with Crippen LogP contribution in [0.3, 0.4) is 0 Å². The lowest BCUT2D eigenvalue weighted by Gasteiger charge is -2.20. The molecule has 1 atom stereocenters. The zero-order valence-corrected chi connectivity index (χ0v) is 13.8. The molecule has 5 nitrogen and oxygen atoms in total. The van der Waals surface area contributed by atoms with E-state index in [2.05, 4.69) is 19.9 Å². The number of amides is 1. The van der Waals surface area contributed by atoms with Crippen LogP contribution in [0.5, 0.6) is 5.75 Å². The minimum absolute atomic E-state index is 0.142. The van der Waals surface area contributed by atoms with Crippen molar-refractivity contribution in [2.75, 3.05) is 33.7 Å². The van der Waals surface area contributed by atoms with Crippen molar-refractivity contribution in [2.45, 2.75) is 25.4 Å². The molecule has 1 aromatic rings. The van der Waals surface area contributed by atoms with E-state index in [1.807, 2.05) is 14.1 Å². The maximum Gasteiger partial charge on any atom is 0.573 e. The average Bonchev–Trinajstić information content (AvgIpc) is 2.92. The predicted octanol–water partition coefficient (Wildman–Crippen LogP) is 1.84. The number of benzene rings is 1. The highest BCUT2D eigenvalue weighted by molar-refractivity contribution is 5.78. The number of carbonyl (C=O) groups is 1. The van der Waals surface area contributed by atoms with Crippen LogP contribution in [0.1, 0.15) is 12.0 Å². The van der Waals surface area contributed by atoms with Gasteiger partial charge >= 0.3 is 6.36 Å². The summed E-state index contributed by atoms with van der Waals surface area (Å²) >= 11 is 0. The monoisotopic (exact) mass is 345 g/mol. The lowest BCUT2D eigenvalue weighted by molar-refractivity contribution is -0.274. The topological polar surface area (TPSA) is 44.8 Å². The summed E-state index contributed by atoms with van der Waals surface area (Å²) in [7, 11) is 4.04. The van der Waals surface area contributed by atoms with Gasteiger partial charge in [0.25, 0.3) is 0 Å². The number of halogens is 3. The van der Waals surface area contributed by atoms with E-state index in [0.29, 0.717) is 18.2 Å². The number of likely N-dealkylation sites (tertiary alicyclic amines) is 1. The van der Waals surface area contributed by atoms with E-state index in [1.165, 1.54) is 18.2 Å². The van der Waals surface area contributed by atoms with Gasteiger partial charge < -0.3 is 15.0 Å². The summed E-state index contributed by atoms with van der Waals surface area (Å²) in [5, 5.41) is 2.73. The summed E-state index contributed by atoms with van der Waals surface area (Å²) in [4.78, 5) is 16.2. The van der Waals surface area contributed by atoms with Crippen molar-refractivity contribution in [3.8, 4) is 5.75 Å². The molecule has 8 heteroatoms. The fourth-order valence-corrected chi connectivity index (χ4v) is 2.69. The number of rotatable bonds is 6. The van der Waals surface area contributed by atoms with E-state index >= 15 is 0 Å². The number of hydrogen-bond donors (Lipinski definition) is 1. The standard InChI is InChI=1S/C16H22F3N3O2/c1-21(2)13-6-7-22(10-13)11-15(23)20-9-12-4-3-5-14(8-12)24-16(17,18)19/h3-5,8,13H,6-7,9-11H2,1-2H3,(H,20,23)/t13-/m1/s1. The highest BCUT2D eigenvalue weighted by Crippen LogP contribution is 2.23. The van der Waals surface area contributed by atoms with Crippen LogP contribution in [0.15, 0.2) is 24.3 Å². The van der Waals surface area contributed by atoms with Crippen molar-refractivity contribution >= 4 is 5.91 Å². The molecule has 1 aliphatic rings. The second-order valence-electron chi connectivity index (χ2n) is 6.11. The molecule has 1 heterocycles. The van der Waals surface area contributed by atoms with Gasteiger partial charge in [-0.2, -0.15) is 0 Å². The smallest absolute Gasteiger partial charge is 0.406 e. The van der Waals surface area contributed by atoms with Crippen molar-refractivity contribution < 1.29 is 22.7 Å². The van der Waals surface area contributed by atoms with Gasteiger partial charge in [-0.3, -0.25) is 9.69 Å². The number of ether oxygens (including phenoxy) is 1. The van der Waals surface area contributed by atoms with Crippen LogP contribution in [0.4, 0.5) is 13.2 Å². The quantitative estimate of drug-likeness (QED) is 0.855. The Hall–Kier alpha value is -1.80. The largest absolute Gasteiger partial charge is 0.573 e. The highest BCUT2D eigenvalue weighted by atomic mass is 19.4. The first-order valence-corrected chi connectivity index (χ1v) is 7.73. The molecule has 0 unspecified atom stereocenters. The van der Waals surface area contributed by atoms with Gasteiger partial charge in [0.1, 0.15) is 5.75 Å². The first-order chi connectivity index (χ1) is 11.2. The Morgan fingerprint density at radius 1 is 1.42 bits per heavy atom. The van der Waals surface area contributed by atoms with E-state index in [4.69, 9.17) is 0 Å². The van der Waals surface area contributed by atoms with Crippen LogP contribution < -0.4 is 10.1 Å². The van der Waals surface area contributed by atoms with Crippen LogP contribution in [0, 0.1) is 0 Å². The molecule has 0 bridgehead atoms. The van der Waals surface area contributed by atoms with Gasteiger partial charge in [-0.15, -0.1) is 13.2 Å². The van der Waals surface area contributed by atoms with Crippen LogP contribution in [0.2, 0.25) is 0 Å². The number of alkyl halides is 3. The number of likely N-dealkylation sites (N-methyl/N-ethyl adjacent to an activating group) is 1. The van der Waals surface area contributed by atoms with E-state index in [1.54, 1.807) is 6.07 Å². The van der Waals surface area contributed by atoms with E-state index in [0.717, 1.165) is 19.5 Å². The van der Waals surface area contributed by atoms with Gasteiger partial charge in [-0.1, -0.05) is 12.1 Å². The number of nitrogens with one attached hydrogen (secondary N) is 1. The Labute approximate surface area is 139 Å². The zero-order chi connectivity index (χ0) is 17.7. The highest BCUT2D eigenvalue weighted by Gasteiger charge is 2.31. The molecule has 2 rings (SSSR count). The van der Waals surface area contributed by atoms with Gasteiger partial charge in [0.05, 0.1) is 6.54 Å². The van der Waals surface area contributed by atoms with Crippen molar-refractivity contribution in [3.63, 3.8) is 0 Å². The lowest BCUT2D eigenvalue weighted by atomic mass is 10.2. The van der Waals surface area contributed by atoms with E-state index < -0.39 is 6.36 Å². The Balaban J connectivity index is 1.79. The Kier molecular flexibility index (Phi) is 6.06. The first kappa shape index (κ1) is 18.5. The fourth-order valence-electron chi connectivity index (χ4n) is 2.69. The molecule has 1 N–H and O–H groups in total. The Morgan fingerprint density at radius 2 is 2.17 bits per heavy atom. The van der Waals surface area contributed by atoms with Gasteiger partial charge in [0, 0.05) is 25.7 Å². The maximum atomic E-state index is 12.2. The molecule has 1 amide bonds. The van der Waals surface area contributed by atoms with Crippen LogP contribution in [-0.2, 0) is 11.3 Å². The van der Waals surface area contributed by atoms with Gasteiger partial charge in [-0.25, -0.2) is 0 Å². The molecule has 134 valence electrons. The molecular formula is C16H22F3N3O2. The van der Waals surface area contributed by atoms with Gasteiger partial charge in [-0.05, 0) is 38.2 Å². The molecule has 1 aromatic carbocycles. The minimum atomic E-state index is -4.72.